The first-order valence-electron chi connectivity index (χ1n) is 4.76. The Kier molecular flexibility index (Phi) is 3.87. The van der Waals surface area contributed by atoms with Crippen molar-refractivity contribution in [3.63, 3.8) is 0 Å². The van der Waals surface area contributed by atoms with Crippen LogP contribution in [-0.4, -0.2) is 25.2 Å². The van der Waals surface area contributed by atoms with Crippen LogP contribution in [0.1, 0.15) is 33.1 Å². The summed E-state index contributed by atoms with van der Waals surface area (Å²) in [5, 5.41) is 7.00. The SMILES string of the molecule is CC(C)N[C@@H]1CCCCNC1. The predicted molar refractivity (Wildman–Crippen MR) is 48.8 cm³/mol. The van der Waals surface area contributed by atoms with E-state index in [0.29, 0.717) is 12.1 Å². The molecular weight excluding hydrogens is 136 g/mol. The highest BCUT2D eigenvalue weighted by molar-refractivity contribution is 4.74. The van der Waals surface area contributed by atoms with Gasteiger partial charge in [-0.2, -0.15) is 0 Å². The Balaban J connectivity index is 2.20. The second-order valence-electron chi connectivity index (χ2n) is 3.72. The lowest BCUT2D eigenvalue weighted by Crippen LogP contribution is -2.40. The van der Waals surface area contributed by atoms with Crippen LogP contribution in [0.5, 0.6) is 0 Å². The van der Waals surface area contributed by atoms with Gasteiger partial charge < -0.3 is 10.6 Å². The summed E-state index contributed by atoms with van der Waals surface area (Å²) in [5.74, 6) is 0. The van der Waals surface area contributed by atoms with E-state index in [0.717, 1.165) is 6.54 Å². The van der Waals surface area contributed by atoms with Crippen molar-refractivity contribution < 1.29 is 0 Å². The third-order valence-corrected chi connectivity index (χ3v) is 2.12. The summed E-state index contributed by atoms with van der Waals surface area (Å²) in [4.78, 5) is 0. The van der Waals surface area contributed by atoms with E-state index in [4.69, 9.17) is 0 Å². The second kappa shape index (κ2) is 4.73. The summed E-state index contributed by atoms with van der Waals surface area (Å²) >= 11 is 0. The fourth-order valence-electron chi connectivity index (χ4n) is 1.63. The van der Waals surface area contributed by atoms with Crippen LogP contribution < -0.4 is 10.6 Å². The summed E-state index contributed by atoms with van der Waals surface area (Å²) in [5.41, 5.74) is 0. The lowest BCUT2D eigenvalue weighted by Gasteiger charge is -2.18. The van der Waals surface area contributed by atoms with E-state index in [1.54, 1.807) is 0 Å². The first-order chi connectivity index (χ1) is 5.29. The Morgan fingerprint density at radius 2 is 2.18 bits per heavy atom. The Labute approximate surface area is 69.8 Å². The molecule has 1 atom stereocenters. The molecule has 1 saturated heterocycles. The van der Waals surface area contributed by atoms with Gasteiger partial charge in [0.25, 0.3) is 0 Å². The van der Waals surface area contributed by atoms with Crippen molar-refractivity contribution in [3.8, 4) is 0 Å². The van der Waals surface area contributed by atoms with Gasteiger partial charge >= 0.3 is 0 Å². The monoisotopic (exact) mass is 156 g/mol. The molecule has 0 aromatic carbocycles. The molecule has 0 aromatic rings. The Bertz CT molecular complexity index is 93.7. The number of rotatable bonds is 2. The molecule has 0 bridgehead atoms. The number of hydrogen-bond donors (Lipinski definition) is 2. The number of nitrogens with one attached hydrogen (secondary N) is 2. The van der Waals surface area contributed by atoms with E-state index >= 15 is 0 Å². The molecule has 2 nitrogen and oxygen atoms in total. The van der Waals surface area contributed by atoms with E-state index < -0.39 is 0 Å². The average molecular weight is 156 g/mol. The molecule has 1 aliphatic rings. The average Bonchev–Trinajstić information content (AvgIpc) is 2.14. The van der Waals surface area contributed by atoms with Gasteiger partial charge in [0.1, 0.15) is 0 Å². The molecule has 0 saturated carbocycles. The van der Waals surface area contributed by atoms with Gasteiger partial charge in [0.15, 0.2) is 0 Å². The summed E-state index contributed by atoms with van der Waals surface area (Å²) in [6.45, 7) is 6.78. The molecule has 0 unspecified atom stereocenters. The highest BCUT2D eigenvalue weighted by Crippen LogP contribution is 2.04. The Morgan fingerprint density at radius 1 is 1.36 bits per heavy atom. The van der Waals surface area contributed by atoms with E-state index in [2.05, 4.69) is 24.5 Å². The van der Waals surface area contributed by atoms with Gasteiger partial charge in [0, 0.05) is 18.6 Å². The molecular formula is C9H20N2. The zero-order valence-corrected chi connectivity index (χ0v) is 7.69. The maximum atomic E-state index is 3.56. The van der Waals surface area contributed by atoms with Crippen LogP contribution in [0.15, 0.2) is 0 Å². The Morgan fingerprint density at radius 3 is 2.91 bits per heavy atom. The zero-order chi connectivity index (χ0) is 8.10. The second-order valence-corrected chi connectivity index (χ2v) is 3.72. The predicted octanol–water partition coefficient (Wildman–Crippen LogP) is 1.13. The summed E-state index contributed by atoms with van der Waals surface area (Å²) < 4.78 is 0. The van der Waals surface area contributed by atoms with Crippen molar-refractivity contribution in [3.05, 3.63) is 0 Å². The van der Waals surface area contributed by atoms with Crippen molar-refractivity contribution >= 4 is 0 Å². The summed E-state index contributed by atoms with van der Waals surface area (Å²) in [7, 11) is 0. The molecule has 2 N–H and O–H groups in total. The smallest absolute Gasteiger partial charge is 0.0194 e. The molecule has 2 heteroatoms. The van der Waals surface area contributed by atoms with Gasteiger partial charge in [-0.15, -0.1) is 0 Å². The van der Waals surface area contributed by atoms with Crippen LogP contribution in [0, 0.1) is 0 Å². The maximum Gasteiger partial charge on any atom is 0.0194 e. The zero-order valence-electron chi connectivity index (χ0n) is 7.69. The molecule has 0 spiro atoms. The summed E-state index contributed by atoms with van der Waals surface area (Å²) in [6, 6.07) is 1.33. The maximum absolute atomic E-state index is 3.56. The largest absolute Gasteiger partial charge is 0.315 e. The fraction of sp³-hybridized carbons (Fsp3) is 1.00. The van der Waals surface area contributed by atoms with Crippen molar-refractivity contribution in [1.82, 2.24) is 10.6 Å². The van der Waals surface area contributed by atoms with Crippen LogP contribution in [0.4, 0.5) is 0 Å². The van der Waals surface area contributed by atoms with Crippen molar-refractivity contribution in [2.75, 3.05) is 13.1 Å². The van der Waals surface area contributed by atoms with E-state index in [9.17, 15) is 0 Å². The van der Waals surface area contributed by atoms with Crippen molar-refractivity contribution in [2.24, 2.45) is 0 Å². The molecule has 1 aliphatic heterocycles. The highest BCUT2D eigenvalue weighted by atomic mass is 15.0. The first-order valence-corrected chi connectivity index (χ1v) is 4.76. The van der Waals surface area contributed by atoms with Crippen LogP contribution in [-0.2, 0) is 0 Å². The third kappa shape index (κ3) is 3.73. The van der Waals surface area contributed by atoms with Crippen LogP contribution in [0.3, 0.4) is 0 Å². The molecule has 1 rings (SSSR count). The third-order valence-electron chi connectivity index (χ3n) is 2.12. The van der Waals surface area contributed by atoms with Crippen LogP contribution >= 0.6 is 0 Å². The minimum absolute atomic E-state index is 0.625. The molecule has 11 heavy (non-hydrogen) atoms. The minimum Gasteiger partial charge on any atom is -0.315 e. The molecule has 0 radical (unpaired) electrons. The standard InChI is InChI=1S/C9H20N2/c1-8(2)11-9-5-3-4-6-10-7-9/h8-11H,3-7H2,1-2H3/t9-/m1/s1. The minimum atomic E-state index is 0.625. The topological polar surface area (TPSA) is 24.1 Å². The van der Waals surface area contributed by atoms with E-state index in [1.165, 1.54) is 25.8 Å². The van der Waals surface area contributed by atoms with E-state index in [-0.39, 0.29) is 0 Å². The summed E-state index contributed by atoms with van der Waals surface area (Å²) in [6.07, 6.45) is 4.05. The van der Waals surface area contributed by atoms with Crippen molar-refractivity contribution in [1.29, 1.82) is 0 Å². The quantitative estimate of drug-likeness (QED) is 0.626. The van der Waals surface area contributed by atoms with Gasteiger partial charge in [-0.3, -0.25) is 0 Å². The lowest BCUT2D eigenvalue weighted by atomic mass is 10.1. The molecule has 0 amide bonds. The fourth-order valence-corrected chi connectivity index (χ4v) is 1.63. The molecule has 0 aromatic heterocycles. The van der Waals surface area contributed by atoms with Gasteiger partial charge in [-0.1, -0.05) is 20.3 Å². The highest BCUT2D eigenvalue weighted by Gasteiger charge is 2.11. The lowest BCUT2D eigenvalue weighted by molar-refractivity contribution is 0.435. The van der Waals surface area contributed by atoms with E-state index in [1.807, 2.05) is 0 Å². The number of hydrogen-bond acceptors (Lipinski definition) is 2. The van der Waals surface area contributed by atoms with Crippen molar-refractivity contribution in [2.45, 2.75) is 45.2 Å². The molecule has 1 fully saturated rings. The Hall–Kier alpha value is -0.0800. The van der Waals surface area contributed by atoms with Crippen LogP contribution in [0.25, 0.3) is 0 Å². The molecule has 0 aliphatic carbocycles. The molecule has 1 heterocycles. The van der Waals surface area contributed by atoms with Gasteiger partial charge in [-0.25, -0.2) is 0 Å². The van der Waals surface area contributed by atoms with Crippen LogP contribution in [0.2, 0.25) is 0 Å². The first kappa shape index (κ1) is 9.01. The van der Waals surface area contributed by atoms with Gasteiger partial charge in [0.05, 0.1) is 0 Å². The normalized spacial score (nSPS) is 27.0. The van der Waals surface area contributed by atoms with Gasteiger partial charge in [-0.05, 0) is 19.4 Å². The van der Waals surface area contributed by atoms with Gasteiger partial charge in [0.2, 0.25) is 0 Å². The molecule has 66 valence electrons.